The highest BCUT2D eigenvalue weighted by Gasteiger charge is 2.23. The van der Waals surface area contributed by atoms with Gasteiger partial charge in [-0.25, -0.2) is 0 Å². The van der Waals surface area contributed by atoms with E-state index in [0.717, 1.165) is 44.5 Å². The van der Waals surface area contributed by atoms with Crippen LogP contribution in [-0.2, 0) is 0 Å². The molecule has 0 bridgehead atoms. The number of benzene rings is 6. The summed E-state index contributed by atoms with van der Waals surface area (Å²) in [5.74, 6) is 0. The van der Waals surface area contributed by atoms with E-state index in [1.807, 2.05) is 36.4 Å². The summed E-state index contributed by atoms with van der Waals surface area (Å²) in [6.07, 6.45) is 0. The van der Waals surface area contributed by atoms with E-state index in [1.165, 1.54) is 10.8 Å². The maximum Gasteiger partial charge on any atom is 0.0998 e. The Morgan fingerprint density at radius 2 is 0.878 bits per heavy atom. The van der Waals surface area contributed by atoms with Crippen LogP contribution in [0.3, 0.4) is 0 Å². The van der Waals surface area contributed by atoms with Gasteiger partial charge in [-0.05, 0) is 58.7 Å². The van der Waals surface area contributed by atoms with E-state index in [2.05, 4.69) is 102 Å². The number of nitrogens with zero attached hydrogens (tertiary/aromatic N) is 3. The molecule has 1 heterocycles. The fraction of sp³-hybridized carbons (Fsp3) is 0. The second kappa shape index (κ2) is 10.0. The Balaban J connectivity index is 1.69. The molecular weight excluding hydrogens is 498 g/mol. The molecule has 0 aliphatic heterocycles. The summed E-state index contributed by atoms with van der Waals surface area (Å²) in [7, 11) is 0. The number of nitriles is 2. The summed E-state index contributed by atoms with van der Waals surface area (Å²) in [6.45, 7) is 0. The Bertz CT molecular complexity index is 2010. The first kappa shape index (κ1) is 24.2. The summed E-state index contributed by atoms with van der Waals surface area (Å²) < 4.78 is 2.31. The average Bonchev–Trinajstić information content (AvgIpc) is 3.39. The molecule has 3 heteroatoms. The third kappa shape index (κ3) is 3.97. The fourth-order valence-electron chi connectivity index (χ4n) is 5.92. The van der Waals surface area contributed by atoms with E-state index in [4.69, 9.17) is 0 Å². The van der Waals surface area contributed by atoms with E-state index < -0.39 is 0 Å². The van der Waals surface area contributed by atoms with E-state index in [-0.39, 0.29) is 0 Å². The number of hydrogen-bond acceptors (Lipinski definition) is 2. The van der Waals surface area contributed by atoms with E-state index in [9.17, 15) is 10.5 Å². The highest BCUT2D eigenvalue weighted by Crippen LogP contribution is 2.45. The van der Waals surface area contributed by atoms with Gasteiger partial charge in [-0.2, -0.15) is 10.5 Å². The molecular formula is C38H23N3. The SMILES string of the molecule is N#Cc1cccc(C#N)c1-c1c(-c2ccccc2)cc(-n2c3ccccc3c3ccccc32)cc1-c1ccccc1. The van der Waals surface area contributed by atoms with Crippen LogP contribution in [0, 0.1) is 22.7 Å². The third-order valence-electron chi connectivity index (χ3n) is 7.69. The van der Waals surface area contributed by atoms with Gasteiger partial charge >= 0.3 is 0 Å². The first-order valence-electron chi connectivity index (χ1n) is 13.5. The van der Waals surface area contributed by atoms with Gasteiger partial charge in [0.1, 0.15) is 0 Å². The fourth-order valence-corrected chi connectivity index (χ4v) is 5.92. The number of fused-ring (bicyclic) bond motifs is 3. The molecule has 1 aromatic heterocycles. The molecule has 7 rings (SSSR count). The van der Waals surface area contributed by atoms with Crippen LogP contribution in [0.15, 0.2) is 140 Å². The van der Waals surface area contributed by atoms with Crippen molar-refractivity contribution in [3.63, 3.8) is 0 Å². The van der Waals surface area contributed by atoms with Crippen molar-refractivity contribution in [3.05, 3.63) is 151 Å². The minimum atomic E-state index is 0.475. The summed E-state index contributed by atoms with van der Waals surface area (Å²) in [4.78, 5) is 0. The molecule has 0 fully saturated rings. The quantitative estimate of drug-likeness (QED) is 0.232. The van der Waals surface area contributed by atoms with Gasteiger partial charge in [-0.15, -0.1) is 0 Å². The molecule has 0 saturated heterocycles. The molecule has 0 unspecified atom stereocenters. The predicted octanol–water partition coefficient (Wildman–Crippen LogP) is 9.53. The van der Waals surface area contributed by atoms with Crippen molar-refractivity contribution < 1.29 is 0 Å². The Kier molecular flexibility index (Phi) is 5.90. The lowest BCUT2D eigenvalue weighted by Crippen LogP contribution is -2.01. The van der Waals surface area contributed by atoms with Gasteiger partial charge in [0.25, 0.3) is 0 Å². The first-order valence-corrected chi connectivity index (χ1v) is 13.5. The molecule has 0 N–H and O–H groups in total. The lowest BCUT2D eigenvalue weighted by molar-refractivity contribution is 1.18. The summed E-state index contributed by atoms with van der Waals surface area (Å²) in [6, 6.07) is 51.9. The molecule has 0 amide bonds. The van der Waals surface area contributed by atoms with Gasteiger partial charge in [0.2, 0.25) is 0 Å². The molecule has 7 aromatic rings. The van der Waals surface area contributed by atoms with Crippen molar-refractivity contribution in [2.75, 3.05) is 0 Å². The van der Waals surface area contributed by atoms with Crippen LogP contribution in [0.4, 0.5) is 0 Å². The van der Waals surface area contributed by atoms with Crippen molar-refractivity contribution in [1.82, 2.24) is 4.57 Å². The van der Waals surface area contributed by atoms with Gasteiger partial charge in [-0.1, -0.05) is 103 Å². The topological polar surface area (TPSA) is 52.5 Å². The molecule has 0 atom stereocenters. The lowest BCUT2D eigenvalue weighted by Gasteiger charge is -2.21. The van der Waals surface area contributed by atoms with Crippen LogP contribution in [-0.4, -0.2) is 4.57 Å². The van der Waals surface area contributed by atoms with Gasteiger partial charge in [0.15, 0.2) is 0 Å². The van der Waals surface area contributed by atoms with E-state index >= 15 is 0 Å². The lowest BCUT2D eigenvalue weighted by atomic mass is 9.83. The van der Waals surface area contributed by atoms with Gasteiger partial charge < -0.3 is 4.57 Å². The van der Waals surface area contributed by atoms with Gasteiger partial charge in [-0.3, -0.25) is 0 Å². The van der Waals surface area contributed by atoms with Crippen LogP contribution >= 0.6 is 0 Å². The van der Waals surface area contributed by atoms with Crippen molar-refractivity contribution in [2.24, 2.45) is 0 Å². The predicted molar refractivity (Wildman–Crippen MR) is 167 cm³/mol. The van der Waals surface area contributed by atoms with Crippen LogP contribution in [0.5, 0.6) is 0 Å². The number of para-hydroxylation sites is 2. The van der Waals surface area contributed by atoms with Crippen LogP contribution in [0.25, 0.3) is 60.9 Å². The maximum atomic E-state index is 10.2. The zero-order chi connectivity index (χ0) is 27.8. The average molecular weight is 522 g/mol. The minimum absolute atomic E-state index is 0.475. The maximum absolute atomic E-state index is 10.2. The van der Waals surface area contributed by atoms with Crippen molar-refractivity contribution >= 4 is 21.8 Å². The molecule has 0 saturated carbocycles. The largest absolute Gasteiger partial charge is 0.309 e. The molecule has 190 valence electrons. The van der Waals surface area contributed by atoms with E-state index in [0.29, 0.717) is 16.7 Å². The number of rotatable bonds is 4. The summed E-state index contributed by atoms with van der Waals surface area (Å²) >= 11 is 0. The molecule has 0 aliphatic carbocycles. The minimum Gasteiger partial charge on any atom is -0.309 e. The Hall–Kier alpha value is -5.90. The normalized spacial score (nSPS) is 10.9. The molecule has 3 nitrogen and oxygen atoms in total. The highest BCUT2D eigenvalue weighted by molar-refractivity contribution is 6.10. The summed E-state index contributed by atoms with van der Waals surface area (Å²) in [5, 5.41) is 22.8. The number of hydrogen-bond donors (Lipinski definition) is 0. The molecule has 0 radical (unpaired) electrons. The van der Waals surface area contributed by atoms with Crippen molar-refractivity contribution in [1.29, 1.82) is 10.5 Å². The zero-order valence-corrected chi connectivity index (χ0v) is 22.1. The first-order chi connectivity index (χ1) is 20.3. The second-order valence-electron chi connectivity index (χ2n) is 9.97. The third-order valence-corrected chi connectivity index (χ3v) is 7.69. The van der Waals surface area contributed by atoms with Gasteiger partial charge in [0.05, 0.1) is 34.3 Å². The van der Waals surface area contributed by atoms with Crippen LogP contribution in [0.1, 0.15) is 11.1 Å². The molecule has 6 aromatic carbocycles. The van der Waals surface area contributed by atoms with E-state index in [1.54, 1.807) is 18.2 Å². The molecule has 0 aliphatic rings. The number of aromatic nitrogens is 1. The summed E-state index contributed by atoms with van der Waals surface area (Å²) in [5.41, 5.74) is 9.68. The van der Waals surface area contributed by atoms with Crippen LogP contribution in [0.2, 0.25) is 0 Å². The van der Waals surface area contributed by atoms with Gasteiger partial charge in [0, 0.05) is 27.6 Å². The standard InChI is InChI=1S/C38H23N3/c39-24-28-16-11-17-29(25-40)37(28)38-33(26-12-3-1-4-13-26)22-30(23-34(38)27-14-5-2-6-15-27)41-35-20-9-7-18-31(35)32-19-8-10-21-36(32)41/h1-23H. The Morgan fingerprint density at radius 3 is 1.34 bits per heavy atom. The molecule has 0 spiro atoms. The Labute approximate surface area is 238 Å². The molecule has 41 heavy (non-hydrogen) atoms. The Morgan fingerprint density at radius 1 is 0.439 bits per heavy atom. The smallest absolute Gasteiger partial charge is 0.0998 e. The van der Waals surface area contributed by atoms with Crippen molar-refractivity contribution in [3.8, 4) is 51.2 Å². The monoisotopic (exact) mass is 521 g/mol. The van der Waals surface area contributed by atoms with Crippen molar-refractivity contribution in [2.45, 2.75) is 0 Å². The second-order valence-corrected chi connectivity index (χ2v) is 9.97. The van der Waals surface area contributed by atoms with Crippen LogP contribution < -0.4 is 0 Å². The zero-order valence-electron chi connectivity index (χ0n) is 22.1. The highest BCUT2D eigenvalue weighted by atomic mass is 15.0.